The Hall–Kier alpha value is -4.40. The molecule has 9 nitrogen and oxygen atoms in total. The number of hydrogen-bond donors (Lipinski definition) is 1. The summed E-state index contributed by atoms with van der Waals surface area (Å²) in [6, 6.07) is 16.5. The Balaban J connectivity index is 1.44. The van der Waals surface area contributed by atoms with Gasteiger partial charge in [0, 0.05) is 38.6 Å². The molecule has 0 aliphatic rings. The monoisotopic (exact) mass is 480 g/mol. The fourth-order valence-corrected chi connectivity index (χ4v) is 4.35. The second-order valence-corrected chi connectivity index (χ2v) is 8.88. The number of unbranched alkanes of at least 4 members (excludes halogenated alkanes) is 1. The largest absolute Gasteiger partial charge is 0.618 e. The Labute approximate surface area is 209 Å². The first-order valence-corrected chi connectivity index (χ1v) is 12.1. The molecule has 0 aliphatic carbocycles. The molecule has 1 N–H and O–H groups in total. The average molecular weight is 481 g/mol. The van der Waals surface area contributed by atoms with Crippen LogP contribution in [-0.4, -0.2) is 35.2 Å². The number of aromatic nitrogens is 8. The van der Waals surface area contributed by atoms with Crippen LogP contribution in [0, 0.1) is 19.1 Å². The highest BCUT2D eigenvalue weighted by atomic mass is 16.5. The van der Waals surface area contributed by atoms with Crippen LogP contribution in [0.1, 0.15) is 42.5 Å². The zero-order valence-electron chi connectivity index (χ0n) is 20.6. The van der Waals surface area contributed by atoms with Crippen molar-refractivity contribution < 1.29 is 4.73 Å². The van der Waals surface area contributed by atoms with Crippen LogP contribution in [0.5, 0.6) is 0 Å². The molecule has 0 spiro atoms. The number of aryl methyl sites for hydroxylation is 2. The van der Waals surface area contributed by atoms with Crippen LogP contribution in [0.15, 0.2) is 60.9 Å². The molecule has 5 rings (SSSR count). The van der Waals surface area contributed by atoms with Gasteiger partial charge >= 0.3 is 0 Å². The third-order valence-electron chi connectivity index (χ3n) is 6.34. The maximum atomic E-state index is 12.4. The number of benzene rings is 2. The SMILES string of the molecule is CCCCc1nc(-c2ncc(C)[n+]([O-])c2C)cn1Cc1ccc(-c2ccccc2-c2nn[nH]n2)cc1. The summed E-state index contributed by atoms with van der Waals surface area (Å²) in [5, 5.41) is 26.9. The van der Waals surface area contributed by atoms with Crippen LogP contribution in [0.2, 0.25) is 0 Å². The average Bonchev–Trinajstić information content (AvgIpc) is 3.57. The smallest absolute Gasteiger partial charge is 0.217 e. The van der Waals surface area contributed by atoms with E-state index >= 15 is 0 Å². The van der Waals surface area contributed by atoms with Crippen molar-refractivity contribution in [1.82, 2.24) is 35.2 Å². The molecule has 2 aromatic carbocycles. The van der Waals surface area contributed by atoms with Gasteiger partial charge in [0.1, 0.15) is 11.5 Å². The van der Waals surface area contributed by atoms with Crippen molar-refractivity contribution in [2.75, 3.05) is 0 Å². The normalized spacial score (nSPS) is 11.2. The lowest BCUT2D eigenvalue weighted by molar-refractivity contribution is -0.619. The highest BCUT2D eigenvalue weighted by Crippen LogP contribution is 2.30. The van der Waals surface area contributed by atoms with Crippen LogP contribution in [-0.2, 0) is 13.0 Å². The molecule has 9 heteroatoms. The van der Waals surface area contributed by atoms with Gasteiger partial charge in [0.05, 0.1) is 6.20 Å². The minimum Gasteiger partial charge on any atom is -0.618 e. The molecule has 0 saturated carbocycles. The van der Waals surface area contributed by atoms with E-state index in [9.17, 15) is 5.21 Å². The van der Waals surface area contributed by atoms with E-state index < -0.39 is 0 Å². The molecule has 0 saturated heterocycles. The van der Waals surface area contributed by atoms with Gasteiger partial charge in [-0.25, -0.2) is 9.97 Å². The summed E-state index contributed by atoms with van der Waals surface area (Å²) in [5.41, 5.74) is 6.70. The molecule has 3 heterocycles. The van der Waals surface area contributed by atoms with Gasteiger partial charge in [-0.1, -0.05) is 61.9 Å². The van der Waals surface area contributed by atoms with Crippen LogP contribution < -0.4 is 4.73 Å². The Morgan fingerprint density at radius 1 is 1.03 bits per heavy atom. The molecule has 0 aliphatic heterocycles. The minimum atomic E-state index is 0.561. The van der Waals surface area contributed by atoms with E-state index in [0.717, 1.165) is 57.8 Å². The molecule has 0 unspecified atom stereocenters. The third-order valence-corrected chi connectivity index (χ3v) is 6.34. The molecule has 182 valence electrons. The minimum absolute atomic E-state index is 0.561. The maximum Gasteiger partial charge on any atom is 0.217 e. The molecule has 36 heavy (non-hydrogen) atoms. The van der Waals surface area contributed by atoms with Gasteiger partial charge in [-0.3, -0.25) is 0 Å². The zero-order chi connectivity index (χ0) is 25.1. The Kier molecular flexibility index (Phi) is 6.53. The molecular weight excluding hydrogens is 452 g/mol. The van der Waals surface area contributed by atoms with Gasteiger partial charge < -0.3 is 9.77 Å². The molecule has 0 atom stereocenters. The van der Waals surface area contributed by atoms with Crippen molar-refractivity contribution in [1.29, 1.82) is 0 Å². The third kappa shape index (κ3) is 4.59. The van der Waals surface area contributed by atoms with E-state index in [0.29, 0.717) is 29.5 Å². The number of aromatic amines is 1. The Morgan fingerprint density at radius 2 is 1.81 bits per heavy atom. The number of tetrazole rings is 1. The van der Waals surface area contributed by atoms with E-state index in [2.05, 4.69) is 67.4 Å². The molecule has 0 radical (unpaired) electrons. The topological polar surface area (TPSA) is 112 Å². The molecule has 0 bridgehead atoms. The molecular formula is C27H28N8O. The van der Waals surface area contributed by atoms with Crippen LogP contribution >= 0.6 is 0 Å². The first kappa shape index (κ1) is 23.3. The van der Waals surface area contributed by atoms with Gasteiger partial charge in [0.25, 0.3) is 0 Å². The van der Waals surface area contributed by atoms with Crippen molar-refractivity contribution >= 4 is 0 Å². The lowest BCUT2D eigenvalue weighted by Gasteiger charge is -2.10. The summed E-state index contributed by atoms with van der Waals surface area (Å²) >= 11 is 0. The van der Waals surface area contributed by atoms with Crippen molar-refractivity contribution in [2.45, 2.75) is 46.6 Å². The van der Waals surface area contributed by atoms with Gasteiger partial charge in [0.15, 0.2) is 5.69 Å². The first-order valence-electron chi connectivity index (χ1n) is 12.1. The second kappa shape index (κ2) is 10.1. The molecule has 0 fully saturated rings. The van der Waals surface area contributed by atoms with Gasteiger partial charge in [-0.05, 0) is 28.3 Å². The van der Waals surface area contributed by atoms with E-state index in [1.807, 2.05) is 24.4 Å². The number of nitrogens with zero attached hydrogens (tertiary/aromatic N) is 7. The fourth-order valence-electron chi connectivity index (χ4n) is 4.35. The number of nitrogens with one attached hydrogen (secondary N) is 1. The van der Waals surface area contributed by atoms with E-state index in [1.54, 1.807) is 20.0 Å². The summed E-state index contributed by atoms with van der Waals surface area (Å²) in [6.07, 6.45) is 6.61. The van der Waals surface area contributed by atoms with Gasteiger partial charge in [0.2, 0.25) is 17.2 Å². The fraction of sp³-hybridized carbons (Fsp3) is 0.259. The van der Waals surface area contributed by atoms with Crippen LogP contribution in [0.25, 0.3) is 33.9 Å². The predicted molar refractivity (Wildman–Crippen MR) is 137 cm³/mol. The molecule has 5 aromatic rings. The zero-order valence-corrected chi connectivity index (χ0v) is 20.6. The number of H-pyrrole nitrogens is 1. The van der Waals surface area contributed by atoms with Crippen molar-refractivity contribution in [3.63, 3.8) is 0 Å². The highest BCUT2D eigenvalue weighted by molar-refractivity contribution is 5.80. The predicted octanol–water partition coefficient (Wildman–Crippen LogP) is 4.43. The lowest BCUT2D eigenvalue weighted by Crippen LogP contribution is -2.34. The summed E-state index contributed by atoms with van der Waals surface area (Å²) < 4.78 is 3.08. The Morgan fingerprint density at radius 3 is 2.53 bits per heavy atom. The number of imidazole rings is 1. The van der Waals surface area contributed by atoms with Crippen LogP contribution in [0.4, 0.5) is 0 Å². The van der Waals surface area contributed by atoms with E-state index in [4.69, 9.17) is 4.98 Å². The second-order valence-electron chi connectivity index (χ2n) is 8.88. The highest BCUT2D eigenvalue weighted by Gasteiger charge is 2.18. The summed E-state index contributed by atoms with van der Waals surface area (Å²) in [6.45, 7) is 6.40. The summed E-state index contributed by atoms with van der Waals surface area (Å²) in [4.78, 5) is 9.39. The number of hydrogen-bond acceptors (Lipinski definition) is 6. The van der Waals surface area contributed by atoms with Crippen molar-refractivity contribution in [3.8, 4) is 33.9 Å². The summed E-state index contributed by atoms with van der Waals surface area (Å²) in [7, 11) is 0. The molecule has 3 aromatic heterocycles. The number of rotatable bonds is 8. The van der Waals surface area contributed by atoms with Crippen molar-refractivity contribution in [3.05, 3.63) is 88.9 Å². The standard InChI is InChI=1S/C27H28N8O/c1-4-5-10-25-29-24(26-19(3)35(36)18(2)15-28-26)17-34(25)16-20-11-13-21(14-12-20)22-8-6-7-9-23(22)27-30-32-33-31-27/h6-9,11-15,17H,4-5,10,16H2,1-3H3,(H,30,31,32,33). The summed E-state index contributed by atoms with van der Waals surface area (Å²) in [5.74, 6) is 1.57. The Bertz CT molecular complexity index is 1470. The maximum absolute atomic E-state index is 12.4. The van der Waals surface area contributed by atoms with Crippen LogP contribution in [0.3, 0.4) is 0 Å². The van der Waals surface area contributed by atoms with E-state index in [1.165, 1.54) is 0 Å². The first-order chi connectivity index (χ1) is 17.5. The molecule has 0 amide bonds. The quantitative estimate of drug-likeness (QED) is 0.260. The van der Waals surface area contributed by atoms with Crippen molar-refractivity contribution in [2.24, 2.45) is 0 Å². The van der Waals surface area contributed by atoms with Gasteiger partial charge in [-0.15, -0.1) is 10.2 Å². The van der Waals surface area contributed by atoms with E-state index in [-0.39, 0.29) is 0 Å². The van der Waals surface area contributed by atoms with Gasteiger partial charge in [-0.2, -0.15) is 9.94 Å². The lowest BCUT2D eigenvalue weighted by atomic mass is 9.98.